The smallest absolute Gasteiger partial charge is 0.254 e. The monoisotopic (exact) mass is 307 g/mol. The molecule has 4 heteroatoms. The predicted molar refractivity (Wildman–Crippen MR) is 88.8 cm³/mol. The molecule has 0 aliphatic heterocycles. The average Bonchev–Trinajstić information content (AvgIpc) is 2.96. The highest BCUT2D eigenvalue weighted by molar-refractivity contribution is 7.99. The highest BCUT2D eigenvalue weighted by atomic mass is 32.2. The number of methoxy groups -OCH3 is 1. The molecule has 0 N–H and O–H groups in total. The van der Waals surface area contributed by atoms with Gasteiger partial charge in [0.25, 0.3) is 5.91 Å². The third kappa shape index (κ3) is 4.01. The van der Waals surface area contributed by atoms with Crippen molar-refractivity contribution in [2.45, 2.75) is 44.1 Å². The maximum Gasteiger partial charge on any atom is 0.254 e. The molecule has 21 heavy (non-hydrogen) atoms. The van der Waals surface area contributed by atoms with E-state index < -0.39 is 0 Å². The highest BCUT2D eigenvalue weighted by Gasteiger charge is 2.30. The molecule has 0 spiro atoms. The lowest BCUT2D eigenvalue weighted by Gasteiger charge is -2.25. The molecule has 0 unspecified atom stereocenters. The Labute approximate surface area is 132 Å². The first-order chi connectivity index (χ1) is 10.2. The van der Waals surface area contributed by atoms with E-state index >= 15 is 0 Å². The van der Waals surface area contributed by atoms with Crippen LogP contribution in [0.1, 0.15) is 42.1 Å². The van der Waals surface area contributed by atoms with Crippen LogP contribution in [-0.2, 0) is 11.3 Å². The molecule has 0 saturated heterocycles. The minimum Gasteiger partial charge on any atom is -0.380 e. The molecule has 0 aromatic heterocycles. The van der Waals surface area contributed by atoms with Crippen LogP contribution in [-0.4, -0.2) is 42.0 Å². The third-order valence-corrected chi connectivity index (χ3v) is 5.41. The van der Waals surface area contributed by atoms with E-state index in [4.69, 9.17) is 4.74 Å². The van der Waals surface area contributed by atoms with Crippen LogP contribution in [0.5, 0.6) is 0 Å². The van der Waals surface area contributed by atoms with Crippen LogP contribution in [0.4, 0.5) is 0 Å². The SMILES string of the molecule is CCS[C@@H]1CC[C@H](N(C)C(=O)c2ccccc2COC)C1. The van der Waals surface area contributed by atoms with Crippen molar-refractivity contribution in [3.63, 3.8) is 0 Å². The highest BCUT2D eigenvalue weighted by Crippen LogP contribution is 2.32. The lowest BCUT2D eigenvalue weighted by atomic mass is 10.1. The first kappa shape index (κ1) is 16.4. The van der Waals surface area contributed by atoms with E-state index in [-0.39, 0.29) is 5.91 Å². The Balaban J connectivity index is 2.06. The molecule has 116 valence electrons. The fourth-order valence-electron chi connectivity index (χ4n) is 3.02. The molecule has 1 fully saturated rings. The summed E-state index contributed by atoms with van der Waals surface area (Å²) in [5, 5.41) is 0.712. The zero-order valence-corrected chi connectivity index (χ0v) is 14.0. The van der Waals surface area contributed by atoms with Crippen molar-refractivity contribution in [1.82, 2.24) is 4.90 Å². The minimum atomic E-state index is 0.120. The van der Waals surface area contributed by atoms with E-state index in [1.807, 2.05) is 48.0 Å². The molecule has 1 amide bonds. The molecular weight excluding hydrogens is 282 g/mol. The molecule has 2 atom stereocenters. The van der Waals surface area contributed by atoms with Gasteiger partial charge in [0.15, 0.2) is 0 Å². The molecule has 1 aliphatic rings. The van der Waals surface area contributed by atoms with E-state index in [2.05, 4.69) is 6.92 Å². The van der Waals surface area contributed by atoms with Gasteiger partial charge in [-0.25, -0.2) is 0 Å². The number of thioether (sulfide) groups is 1. The van der Waals surface area contributed by atoms with Crippen LogP contribution in [0.25, 0.3) is 0 Å². The van der Waals surface area contributed by atoms with E-state index in [1.165, 1.54) is 6.42 Å². The van der Waals surface area contributed by atoms with Crippen LogP contribution < -0.4 is 0 Å². The third-order valence-electron chi connectivity index (χ3n) is 4.17. The van der Waals surface area contributed by atoms with Crippen LogP contribution in [0.2, 0.25) is 0 Å². The van der Waals surface area contributed by atoms with Crippen molar-refractivity contribution in [2.75, 3.05) is 19.9 Å². The maximum absolute atomic E-state index is 12.8. The second-order valence-corrected chi connectivity index (χ2v) is 7.13. The largest absolute Gasteiger partial charge is 0.380 e. The van der Waals surface area contributed by atoms with Crippen molar-refractivity contribution < 1.29 is 9.53 Å². The van der Waals surface area contributed by atoms with Crippen LogP contribution in [0.15, 0.2) is 24.3 Å². The Bertz CT molecular complexity index is 478. The molecule has 1 aromatic rings. The Morgan fingerprint density at radius 1 is 1.38 bits per heavy atom. The fourth-order valence-corrected chi connectivity index (χ4v) is 4.15. The number of hydrogen-bond acceptors (Lipinski definition) is 3. The van der Waals surface area contributed by atoms with E-state index in [1.54, 1.807) is 7.11 Å². The lowest BCUT2D eigenvalue weighted by Crippen LogP contribution is -2.36. The summed E-state index contributed by atoms with van der Waals surface area (Å²) in [5.74, 6) is 1.28. The second kappa shape index (κ2) is 7.85. The summed E-state index contributed by atoms with van der Waals surface area (Å²) in [6.45, 7) is 2.68. The van der Waals surface area contributed by atoms with Gasteiger partial charge >= 0.3 is 0 Å². The molecule has 0 radical (unpaired) electrons. The zero-order valence-electron chi connectivity index (χ0n) is 13.2. The van der Waals surface area contributed by atoms with Crippen molar-refractivity contribution in [3.8, 4) is 0 Å². The van der Waals surface area contributed by atoms with Gasteiger partial charge in [0, 0.05) is 31.0 Å². The van der Waals surface area contributed by atoms with Crippen LogP contribution >= 0.6 is 11.8 Å². The number of rotatable bonds is 6. The van der Waals surface area contributed by atoms with Gasteiger partial charge in [-0.1, -0.05) is 25.1 Å². The molecule has 0 bridgehead atoms. The molecule has 0 heterocycles. The summed E-state index contributed by atoms with van der Waals surface area (Å²) in [7, 11) is 3.60. The summed E-state index contributed by atoms with van der Waals surface area (Å²) >= 11 is 2.02. The number of nitrogens with zero attached hydrogens (tertiary/aromatic N) is 1. The first-order valence-corrected chi connectivity index (χ1v) is 8.67. The van der Waals surface area contributed by atoms with Gasteiger partial charge in [0.2, 0.25) is 0 Å². The topological polar surface area (TPSA) is 29.5 Å². The number of amides is 1. The summed E-state index contributed by atoms with van der Waals surface area (Å²) in [6, 6.07) is 8.12. The van der Waals surface area contributed by atoms with Gasteiger partial charge < -0.3 is 9.64 Å². The predicted octanol–water partition coefficient (Wildman–Crippen LogP) is 3.58. The van der Waals surface area contributed by atoms with Gasteiger partial charge in [-0.05, 0) is 36.6 Å². The molecule has 3 nitrogen and oxygen atoms in total. The number of carbonyl (C=O) groups excluding carboxylic acids is 1. The summed E-state index contributed by atoms with van der Waals surface area (Å²) < 4.78 is 5.20. The molecular formula is C17H25NO2S. The van der Waals surface area contributed by atoms with Gasteiger partial charge in [0.05, 0.1) is 6.61 Å². The average molecular weight is 307 g/mol. The van der Waals surface area contributed by atoms with Gasteiger partial charge in [-0.15, -0.1) is 0 Å². The van der Waals surface area contributed by atoms with Crippen molar-refractivity contribution in [2.24, 2.45) is 0 Å². The Hall–Kier alpha value is -1.00. The molecule has 2 rings (SSSR count). The molecule has 1 aliphatic carbocycles. The van der Waals surface area contributed by atoms with E-state index in [0.29, 0.717) is 17.9 Å². The standard InChI is InChI=1S/C17H25NO2S/c1-4-21-15-10-9-14(11-15)18(2)17(19)16-8-6-5-7-13(16)12-20-3/h5-8,14-15H,4,9-12H2,1-3H3/t14-,15+/m0/s1. The molecule has 1 saturated carbocycles. The summed E-state index contributed by atoms with van der Waals surface area (Å²) in [6.07, 6.45) is 3.46. The fraction of sp³-hybridized carbons (Fsp3) is 0.588. The normalized spacial score (nSPS) is 21.5. The number of carbonyl (C=O) groups is 1. The van der Waals surface area contributed by atoms with Crippen LogP contribution in [0.3, 0.4) is 0 Å². The molecule has 1 aromatic carbocycles. The maximum atomic E-state index is 12.8. The quantitative estimate of drug-likeness (QED) is 0.804. The Morgan fingerprint density at radius 2 is 2.14 bits per heavy atom. The number of benzene rings is 1. The van der Waals surface area contributed by atoms with Gasteiger partial charge in [-0.3, -0.25) is 4.79 Å². The first-order valence-electron chi connectivity index (χ1n) is 7.63. The van der Waals surface area contributed by atoms with Crippen molar-refractivity contribution in [1.29, 1.82) is 0 Å². The van der Waals surface area contributed by atoms with E-state index in [0.717, 1.165) is 29.7 Å². The van der Waals surface area contributed by atoms with Crippen LogP contribution in [0, 0.1) is 0 Å². The Kier molecular flexibility index (Phi) is 6.12. The minimum absolute atomic E-state index is 0.120. The van der Waals surface area contributed by atoms with E-state index in [9.17, 15) is 4.79 Å². The zero-order chi connectivity index (χ0) is 15.2. The number of ether oxygens (including phenoxy) is 1. The summed E-state index contributed by atoms with van der Waals surface area (Å²) in [4.78, 5) is 14.7. The Morgan fingerprint density at radius 3 is 2.86 bits per heavy atom. The summed E-state index contributed by atoms with van der Waals surface area (Å²) in [5.41, 5.74) is 1.74. The number of hydrogen-bond donors (Lipinski definition) is 0. The van der Waals surface area contributed by atoms with Crippen molar-refractivity contribution >= 4 is 17.7 Å². The van der Waals surface area contributed by atoms with Gasteiger partial charge in [0.1, 0.15) is 0 Å². The van der Waals surface area contributed by atoms with Gasteiger partial charge in [-0.2, -0.15) is 11.8 Å². The van der Waals surface area contributed by atoms with Crippen molar-refractivity contribution in [3.05, 3.63) is 35.4 Å². The second-order valence-electron chi connectivity index (χ2n) is 5.55. The lowest BCUT2D eigenvalue weighted by molar-refractivity contribution is 0.0730.